The van der Waals surface area contributed by atoms with E-state index in [4.69, 9.17) is 0 Å². The molecule has 40 heavy (non-hydrogen) atoms. The minimum atomic E-state index is -1.24. The summed E-state index contributed by atoms with van der Waals surface area (Å²) in [5.41, 5.74) is -2.02. The van der Waals surface area contributed by atoms with Crippen molar-refractivity contribution in [1.29, 1.82) is 0 Å². The lowest BCUT2D eigenvalue weighted by Gasteiger charge is -2.26. The van der Waals surface area contributed by atoms with E-state index in [-0.39, 0.29) is 32.7 Å². The number of fused-ring (bicyclic) bond motifs is 2. The molecule has 5 aromatic carbocycles. The van der Waals surface area contributed by atoms with Crippen LogP contribution in [-0.4, -0.2) is 37.0 Å². The first-order valence-electron chi connectivity index (χ1n) is 11.6. The largest absolute Gasteiger partial charge is 0.506 e. The second kappa shape index (κ2) is 9.68. The van der Waals surface area contributed by atoms with Crippen molar-refractivity contribution in [3.8, 4) is 11.5 Å². The smallest absolute Gasteiger partial charge is 0.336 e. The Morgan fingerprint density at radius 2 is 1.00 bits per heavy atom. The number of nitro benzene ring substituents is 2. The van der Waals surface area contributed by atoms with Crippen molar-refractivity contribution in [2.24, 2.45) is 0 Å². The summed E-state index contributed by atoms with van der Waals surface area (Å²) in [7, 11) is 0. The number of hydrogen-bond donors (Lipinski definition) is 3. The van der Waals surface area contributed by atoms with Crippen molar-refractivity contribution in [1.82, 2.24) is 0 Å². The fourth-order valence-corrected chi connectivity index (χ4v) is 4.66. The van der Waals surface area contributed by atoms with Crippen molar-refractivity contribution >= 4 is 56.2 Å². The molecule has 0 aliphatic rings. The van der Waals surface area contributed by atoms with Gasteiger partial charge in [-0.05, 0) is 33.7 Å². The van der Waals surface area contributed by atoms with Crippen LogP contribution in [-0.2, 0) is 0 Å². The molecule has 0 aliphatic heterocycles. The molecule has 5 rings (SSSR count). The van der Waals surface area contributed by atoms with Crippen LogP contribution in [0.3, 0.4) is 0 Å². The van der Waals surface area contributed by atoms with E-state index < -0.39 is 56.0 Å². The molecule has 0 atom stereocenters. The van der Waals surface area contributed by atoms with Crippen molar-refractivity contribution < 1.29 is 34.8 Å². The molecule has 0 aliphatic carbocycles. The van der Waals surface area contributed by atoms with Crippen molar-refractivity contribution in [2.75, 3.05) is 4.90 Å². The normalized spacial score (nSPS) is 10.9. The van der Waals surface area contributed by atoms with Crippen LogP contribution >= 0.6 is 0 Å². The monoisotopic (exact) mass is 539 g/mol. The second-order valence-electron chi connectivity index (χ2n) is 8.65. The van der Waals surface area contributed by atoms with E-state index in [1.165, 1.54) is 24.3 Å². The van der Waals surface area contributed by atoms with E-state index in [0.717, 1.165) is 41.3 Å². The zero-order valence-electron chi connectivity index (χ0n) is 20.2. The molecule has 0 radical (unpaired) electrons. The van der Waals surface area contributed by atoms with Gasteiger partial charge in [0.25, 0.3) is 17.3 Å². The lowest BCUT2D eigenvalue weighted by atomic mass is 9.91. The molecule has 0 heterocycles. The van der Waals surface area contributed by atoms with Crippen molar-refractivity contribution in [3.05, 3.63) is 116 Å². The van der Waals surface area contributed by atoms with E-state index >= 15 is 0 Å². The van der Waals surface area contributed by atoms with Gasteiger partial charge in [0.15, 0.2) is 0 Å². The molecule has 0 saturated heterocycles. The molecule has 0 aromatic heterocycles. The Labute approximate surface area is 223 Å². The number of hydrogen-bond acceptors (Lipinski definition) is 8. The highest BCUT2D eigenvalue weighted by Gasteiger charge is 2.31. The minimum absolute atomic E-state index is 0.0620. The standard InChI is InChI=1S/C28H17N3O9/c32-23-11-9-15(30(37)38)13-21(23)29(22-14-16(31(39)40)10-12-24(22)33)27(34)25-17-5-1-3-7-19(17)26(28(35)36)20-8-4-2-6-18(20)25/h1-14,32-33H,(H,35,36). The molecule has 12 nitrogen and oxygen atoms in total. The van der Waals surface area contributed by atoms with Gasteiger partial charge in [-0.1, -0.05) is 48.5 Å². The third kappa shape index (κ3) is 4.15. The molecule has 0 bridgehead atoms. The van der Waals surface area contributed by atoms with E-state index in [1.54, 1.807) is 24.3 Å². The number of aromatic hydroxyl groups is 2. The quantitative estimate of drug-likeness (QED) is 0.134. The molecule has 3 N–H and O–H groups in total. The Bertz CT molecular complexity index is 1780. The average Bonchev–Trinajstić information content (AvgIpc) is 2.93. The Hall–Kier alpha value is -6.04. The minimum Gasteiger partial charge on any atom is -0.506 e. The molecular weight excluding hydrogens is 522 g/mol. The number of carbonyl (C=O) groups is 2. The summed E-state index contributed by atoms with van der Waals surface area (Å²) >= 11 is 0. The van der Waals surface area contributed by atoms with Gasteiger partial charge >= 0.3 is 5.97 Å². The van der Waals surface area contributed by atoms with E-state index in [2.05, 4.69) is 0 Å². The number of anilines is 2. The van der Waals surface area contributed by atoms with E-state index in [9.17, 15) is 45.1 Å². The number of carboxylic acids is 1. The number of phenolic OH excluding ortho intramolecular Hbond substituents is 2. The van der Waals surface area contributed by atoms with Gasteiger partial charge in [-0.25, -0.2) is 4.79 Å². The Morgan fingerprint density at radius 3 is 1.35 bits per heavy atom. The van der Waals surface area contributed by atoms with Crippen LogP contribution in [0.4, 0.5) is 22.7 Å². The SMILES string of the molecule is O=C(O)c1c2ccccc2c(C(=O)N(c2cc([N+](=O)[O-])ccc2O)c2cc([N+](=O)[O-])ccc2O)c2ccccc12. The number of phenols is 2. The Balaban J connectivity index is 1.92. The first kappa shape index (κ1) is 25.6. The first-order chi connectivity index (χ1) is 19.1. The summed E-state index contributed by atoms with van der Waals surface area (Å²) in [4.78, 5) is 49.1. The number of benzene rings is 5. The second-order valence-corrected chi connectivity index (χ2v) is 8.65. The van der Waals surface area contributed by atoms with Gasteiger partial charge in [-0.2, -0.15) is 0 Å². The van der Waals surface area contributed by atoms with Gasteiger partial charge in [0.05, 0.1) is 32.3 Å². The summed E-state index contributed by atoms with van der Waals surface area (Å²) in [5, 5.41) is 55.4. The van der Waals surface area contributed by atoms with Gasteiger partial charge in [0, 0.05) is 24.3 Å². The van der Waals surface area contributed by atoms with Crippen molar-refractivity contribution in [2.45, 2.75) is 0 Å². The van der Waals surface area contributed by atoms with E-state index in [1.807, 2.05) is 0 Å². The van der Waals surface area contributed by atoms with Crippen LogP contribution < -0.4 is 4.90 Å². The van der Waals surface area contributed by atoms with Crippen LogP contribution in [0.15, 0.2) is 84.9 Å². The van der Waals surface area contributed by atoms with Crippen LogP contribution in [0, 0.1) is 20.2 Å². The summed E-state index contributed by atoms with van der Waals surface area (Å²) < 4.78 is 0. The Morgan fingerprint density at radius 1 is 0.625 bits per heavy atom. The van der Waals surface area contributed by atoms with Crippen molar-refractivity contribution in [3.63, 3.8) is 0 Å². The molecule has 5 aromatic rings. The average molecular weight is 539 g/mol. The summed E-state index contributed by atoms with van der Waals surface area (Å²) in [6.45, 7) is 0. The van der Waals surface area contributed by atoms with Crippen LogP contribution in [0.2, 0.25) is 0 Å². The third-order valence-corrected chi connectivity index (χ3v) is 6.38. The van der Waals surface area contributed by atoms with Crippen LogP contribution in [0.1, 0.15) is 20.7 Å². The molecule has 0 unspecified atom stereocenters. The van der Waals surface area contributed by atoms with Gasteiger partial charge in [-0.3, -0.25) is 29.9 Å². The number of non-ortho nitro benzene ring substituents is 2. The number of nitrogens with zero attached hydrogens (tertiary/aromatic N) is 3. The molecular formula is C28H17N3O9. The fraction of sp³-hybridized carbons (Fsp3) is 0. The van der Waals surface area contributed by atoms with Crippen LogP contribution in [0.5, 0.6) is 11.5 Å². The lowest BCUT2D eigenvalue weighted by Crippen LogP contribution is -2.27. The maximum Gasteiger partial charge on any atom is 0.336 e. The summed E-state index contributed by atoms with van der Waals surface area (Å²) in [5.74, 6) is -3.38. The zero-order valence-corrected chi connectivity index (χ0v) is 20.2. The predicted octanol–water partition coefficient (Wildman–Crippen LogP) is 5.90. The number of carbonyl (C=O) groups excluding carboxylic acids is 1. The van der Waals surface area contributed by atoms with Crippen LogP contribution in [0.25, 0.3) is 21.5 Å². The number of nitro groups is 2. The molecule has 0 saturated carbocycles. The number of carboxylic acid groups (broad SMARTS) is 1. The highest BCUT2D eigenvalue weighted by Crippen LogP contribution is 2.44. The summed E-state index contributed by atoms with van der Waals surface area (Å²) in [6, 6.07) is 18.1. The third-order valence-electron chi connectivity index (χ3n) is 6.38. The topological polar surface area (TPSA) is 184 Å². The number of aromatic carboxylic acids is 1. The van der Waals surface area contributed by atoms with Gasteiger partial charge < -0.3 is 15.3 Å². The molecule has 1 amide bonds. The number of rotatable bonds is 6. The van der Waals surface area contributed by atoms with E-state index in [0.29, 0.717) is 0 Å². The Kier molecular flexibility index (Phi) is 6.20. The fourth-order valence-electron chi connectivity index (χ4n) is 4.66. The van der Waals surface area contributed by atoms with Gasteiger partial charge in [0.1, 0.15) is 11.5 Å². The highest BCUT2D eigenvalue weighted by atomic mass is 16.6. The molecule has 0 fully saturated rings. The maximum absolute atomic E-state index is 14.5. The maximum atomic E-state index is 14.5. The summed E-state index contributed by atoms with van der Waals surface area (Å²) in [6.07, 6.45) is 0. The molecule has 12 heteroatoms. The molecule has 0 spiro atoms. The zero-order chi connectivity index (χ0) is 28.7. The number of amides is 1. The lowest BCUT2D eigenvalue weighted by molar-refractivity contribution is -0.384. The van der Waals surface area contributed by atoms with Gasteiger partial charge in [-0.15, -0.1) is 0 Å². The van der Waals surface area contributed by atoms with Gasteiger partial charge in [0.2, 0.25) is 0 Å². The highest BCUT2D eigenvalue weighted by molar-refractivity contribution is 6.29. The first-order valence-corrected chi connectivity index (χ1v) is 11.6. The molecule has 198 valence electrons. The predicted molar refractivity (Wildman–Crippen MR) is 144 cm³/mol.